The van der Waals surface area contributed by atoms with Crippen LogP contribution in [0, 0.1) is 5.92 Å². The average Bonchev–Trinajstić information content (AvgIpc) is 3.75. The Morgan fingerprint density at radius 3 is 2.58 bits per heavy atom. The number of halogens is 2. The number of hydrogen-bond donors (Lipinski definition) is 1. The van der Waals surface area contributed by atoms with E-state index in [0.717, 1.165) is 32.1 Å². The molecule has 5 heterocycles. The highest BCUT2D eigenvalue weighted by Gasteiger charge is 2.47. The van der Waals surface area contributed by atoms with Crippen LogP contribution in [0.25, 0.3) is 0 Å². The molecule has 286 valence electrons. The summed E-state index contributed by atoms with van der Waals surface area (Å²) in [6, 6.07) is 9.69. The van der Waals surface area contributed by atoms with E-state index >= 15 is 4.39 Å². The third-order valence-electron chi connectivity index (χ3n) is 12.5. The fourth-order valence-electron chi connectivity index (χ4n) is 9.33. The number of carbonyl (C=O) groups is 2. The number of sulfonamides is 1. The van der Waals surface area contributed by atoms with Crippen molar-refractivity contribution in [3.8, 4) is 5.75 Å². The molecule has 2 aromatic rings. The Hall–Kier alpha value is -3.23. The number of hydrogen-bond acceptors (Lipinski definition) is 9. The van der Waals surface area contributed by atoms with Gasteiger partial charge < -0.3 is 24.0 Å². The van der Waals surface area contributed by atoms with Crippen molar-refractivity contribution in [2.75, 3.05) is 57.4 Å². The summed E-state index contributed by atoms with van der Waals surface area (Å²) in [5, 5.41) is -0.339. The number of fused-ring (bicyclic) bond motifs is 5. The van der Waals surface area contributed by atoms with Crippen LogP contribution in [0.5, 0.6) is 5.75 Å². The van der Waals surface area contributed by atoms with E-state index < -0.39 is 44.4 Å². The van der Waals surface area contributed by atoms with Gasteiger partial charge in [0, 0.05) is 48.2 Å². The summed E-state index contributed by atoms with van der Waals surface area (Å²) in [4.78, 5) is 34.0. The molecule has 2 amide bonds. The predicted octanol–water partition coefficient (Wildman–Crippen LogP) is 4.61. The van der Waals surface area contributed by atoms with Crippen molar-refractivity contribution < 1.29 is 36.6 Å². The molecule has 7 atom stereocenters. The molecule has 2 bridgehead atoms. The molecule has 53 heavy (non-hydrogen) atoms. The van der Waals surface area contributed by atoms with E-state index in [2.05, 4.69) is 15.7 Å². The minimum atomic E-state index is -4.14. The number of nitrogens with one attached hydrogen (secondary N) is 1. The minimum absolute atomic E-state index is 0.0656. The first-order valence-electron chi connectivity index (χ1n) is 18.9. The lowest BCUT2D eigenvalue weighted by atomic mass is 9.70. The third-order valence-corrected chi connectivity index (χ3v) is 14.6. The van der Waals surface area contributed by atoms with Gasteiger partial charge in [-0.25, -0.2) is 17.5 Å². The summed E-state index contributed by atoms with van der Waals surface area (Å²) in [6.45, 7) is 6.67. The lowest BCUT2D eigenvalue weighted by molar-refractivity contribution is -0.136. The van der Waals surface area contributed by atoms with Crippen molar-refractivity contribution in [2.24, 2.45) is 5.92 Å². The highest BCUT2D eigenvalue weighted by atomic mass is 35.5. The first kappa shape index (κ1) is 36.7. The van der Waals surface area contributed by atoms with E-state index in [0.29, 0.717) is 69.0 Å². The Bertz CT molecular complexity index is 1900. The SMILES string of the molecule is C[C@@H]1[C@@H](C)C/C=C(\F)[C@H](C(=O)N2C[C@@H]3OCCO[C@@H]3C2)N2CCC[C@H]2CN2C[C@@]3(CCCc4cc(Cl)ccc43)COc3ccc(cc32)C(=O)NS1(=O)=O. The van der Waals surface area contributed by atoms with E-state index in [1.165, 1.54) is 24.1 Å². The quantitative estimate of drug-likeness (QED) is 0.444. The van der Waals surface area contributed by atoms with Crippen molar-refractivity contribution in [1.82, 2.24) is 14.5 Å². The summed E-state index contributed by atoms with van der Waals surface area (Å²) in [7, 11) is -4.14. The molecule has 8 rings (SSSR count). The summed E-state index contributed by atoms with van der Waals surface area (Å²) in [5.41, 5.74) is 2.80. The molecule has 6 aliphatic rings. The van der Waals surface area contributed by atoms with Gasteiger partial charge in [-0.2, -0.15) is 0 Å². The van der Waals surface area contributed by atoms with Crippen molar-refractivity contribution >= 4 is 39.1 Å². The van der Waals surface area contributed by atoms with Crippen molar-refractivity contribution in [3.05, 3.63) is 70.0 Å². The number of allylic oxidation sites excluding steroid dienone is 1. The maximum atomic E-state index is 16.9. The van der Waals surface area contributed by atoms with Crippen molar-refractivity contribution in [1.29, 1.82) is 0 Å². The van der Waals surface area contributed by atoms with E-state index in [4.69, 9.17) is 25.8 Å². The lowest BCUT2D eigenvalue weighted by Gasteiger charge is -2.42. The standard InChI is InChI=1S/C39H48ClFN4O7S/c1-24-7-11-31(41)36(38(47)43-20-34-35(21-43)51-16-15-50-34)45-14-4-6-29(45)19-44-22-39(13-3-5-26-17-28(40)9-10-30(26)39)23-52-33-12-8-27(18-32(33)44)37(46)42-53(48,49)25(24)2/h8-12,17-18,24-25,29,34-36H,3-7,13-16,19-23H2,1-2H3,(H,42,46)/b31-11-/t24-,25+,29-,34-,35+,36+,39-/m0/s1. The molecule has 11 nitrogen and oxygen atoms in total. The largest absolute Gasteiger partial charge is 0.490 e. The number of ether oxygens (including phenoxy) is 3. The van der Waals surface area contributed by atoms with Gasteiger partial charge in [-0.1, -0.05) is 30.7 Å². The van der Waals surface area contributed by atoms with Crippen LogP contribution in [0.2, 0.25) is 5.02 Å². The van der Waals surface area contributed by atoms with E-state index in [1.807, 2.05) is 17.0 Å². The number of amides is 2. The molecular weight excluding hydrogens is 723 g/mol. The van der Waals surface area contributed by atoms with Gasteiger partial charge in [0.2, 0.25) is 15.9 Å². The number of carbonyl (C=O) groups excluding carboxylic acids is 2. The second kappa shape index (κ2) is 14.4. The molecule has 0 saturated carbocycles. The molecule has 0 unspecified atom stereocenters. The van der Waals surface area contributed by atoms with Gasteiger partial charge in [0.25, 0.3) is 5.91 Å². The first-order valence-corrected chi connectivity index (χ1v) is 20.8. The molecule has 1 spiro atoms. The van der Waals surface area contributed by atoms with Gasteiger partial charge in [-0.15, -0.1) is 0 Å². The Morgan fingerprint density at radius 2 is 1.81 bits per heavy atom. The van der Waals surface area contributed by atoms with Crippen LogP contribution >= 0.6 is 11.6 Å². The number of likely N-dealkylation sites (tertiary alicyclic amines) is 1. The van der Waals surface area contributed by atoms with Crippen molar-refractivity contribution in [3.63, 3.8) is 0 Å². The summed E-state index contributed by atoms with van der Waals surface area (Å²) in [6.07, 6.45) is 5.15. The predicted molar refractivity (Wildman–Crippen MR) is 199 cm³/mol. The molecule has 0 radical (unpaired) electrons. The molecule has 2 aromatic carbocycles. The van der Waals surface area contributed by atoms with Gasteiger partial charge in [-0.05, 0) is 99.4 Å². The lowest BCUT2D eigenvalue weighted by Crippen LogP contribution is -2.54. The molecule has 3 fully saturated rings. The van der Waals surface area contributed by atoms with Crippen molar-refractivity contribution in [2.45, 2.75) is 87.3 Å². The Labute approximate surface area is 315 Å². The topological polar surface area (TPSA) is 118 Å². The Balaban J connectivity index is 1.21. The minimum Gasteiger partial charge on any atom is -0.490 e. The van der Waals surface area contributed by atoms with Gasteiger partial charge in [0.05, 0.1) is 30.8 Å². The van der Waals surface area contributed by atoms with Crippen LogP contribution in [0.15, 0.2) is 48.3 Å². The fourth-order valence-corrected chi connectivity index (χ4v) is 10.8. The van der Waals surface area contributed by atoms with Gasteiger partial charge >= 0.3 is 0 Å². The van der Waals surface area contributed by atoms with Crippen LogP contribution in [0.3, 0.4) is 0 Å². The number of nitrogens with zero attached hydrogens (tertiary/aromatic N) is 3. The maximum absolute atomic E-state index is 16.9. The molecule has 1 N–H and O–H groups in total. The molecule has 1 aliphatic carbocycles. The number of benzene rings is 2. The van der Waals surface area contributed by atoms with E-state index in [-0.39, 0.29) is 36.1 Å². The second-order valence-corrected chi connectivity index (χ2v) is 18.2. The van der Waals surface area contributed by atoms with Gasteiger partial charge in [0.1, 0.15) is 29.8 Å². The Morgan fingerprint density at radius 1 is 1.04 bits per heavy atom. The van der Waals surface area contributed by atoms with Crippen LogP contribution in [0.1, 0.15) is 67.4 Å². The smallest absolute Gasteiger partial charge is 0.264 e. The van der Waals surface area contributed by atoms with Gasteiger partial charge in [0.15, 0.2) is 0 Å². The molecule has 0 aromatic heterocycles. The summed E-state index contributed by atoms with van der Waals surface area (Å²) in [5.74, 6) is -1.65. The second-order valence-electron chi connectivity index (χ2n) is 15.8. The highest BCUT2D eigenvalue weighted by molar-refractivity contribution is 7.90. The maximum Gasteiger partial charge on any atom is 0.264 e. The monoisotopic (exact) mass is 770 g/mol. The first-order chi connectivity index (χ1) is 25.4. The number of rotatable bonds is 1. The molecule has 3 saturated heterocycles. The molecule has 14 heteroatoms. The fraction of sp³-hybridized carbons (Fsp3) is 0.590. The zero-order valence-corrected chi connectivity index (χ0v) is 31.8. The Kier molecular flexibility index (Phi) is 10.0. The van der Waals surface area contributed by atoms with E-state index in [1.54, 1.807) is 30.0 Å². The van der Waals surface area contributed by atoms with Crippen LogP contribution < -0.4 is 14.4 Å². The zero-order valence-electron chi connectivity index (χ0n) is 30.3. The number of anilines is 1. The summed E-state index contributed by atoms with van der Waals surface area (Å²) < 4.78 is 64.6. The molecular formula is C39H48ClFN4O7S. The van der Waals surface area contributed by atoms with Crippen LogP contribution in [-0.2, 0) is 36.1 Å². The highest BCUT2D eigenvalue weighted by Crippen LogP contribution is 2.45. The van der Waals surface area contributed by atoms with E-state index in [9.17, 15) is 18.0 Å². The normalized spacial score (nSPS) is 34.2. The summed E-state index contributed by atoms with van der Waals surface area (Å²) >= 11 is 6.46. The van der Waals surface area contributed by atoms with Crippen LogP contribution in [0.4, 0.5) is 10.1 Å². The number of aryl methyl sites for hydroxylation is 1. The third kappa shape index (κ3) is 6.96. The zero-order chi connectivity index (χ0) is 37.1. The molecule has 5 aliphatic heterocycles. The van der Waals surface area contributed by atoms with Gasteiger partial charge in [-0.3, -0.25) is 14.5 Å². The average molecular weight is 771 g/mol. The van der Waals surface area contributed by atoms with Crippen LogP contribution in [-0.4, -0.2) is 112 Å².